The van der Waals surface area contributed by atoms with Crippen molar-refractivity contribution in [2.45, 2.75) is 33.2 Å². The highest BCUT2D eigenvalue weighted by Gasteiger charge is 2.27. The van der Waals surface area contributed by atoms with Crippen molar-refractivity contribution in [3.8, 4) is 0 Å². The molecule has 2 atom stereocenters. The van der Waals surface area contributed by atoms with Crippen molar-refractivity contribution in [1.82, 2.24) is 5.32 Å². The van der Waals surface area contributed by atoms with Gasteiger partial charge in [-0.25, -0.2) is 9.59 Å². The lowest BCUT2D eigenvalue weighted by atomic mass is 9.99. The Morgan fingerprint density at radius 3 is 2.30 bits per heavy atom. The summed E-state index contributed by atoms with van der Waals surface area (Å²) in [6.07, 6.45) is 0.689. The minimum atomic E-state index is -1.00. The van der Waals surface area contributed by atoms with Gasteiger partial charge in [-0.15, -0.1) is 0 Å². The van der Waals surface area contributed by atoms with Gasteiger partial charge >= 0.3 is 12.0 Å². The van der Waals surface area contributed by atoms with Crippen LogP contribution in [0.3, 0.4) is 0 Å². The summed E-state index contributed by atoms with van der Waals surface area (Å²) in [5.41, 5.74) is 0.751. The minimum absolute atomic E-state index is 0.120. The van der Waals surface area contributed by atoms with Gasteiger partial charge in [0.15, 0.2) is 0 Å². The first kappa shape index (κ1) is 16.0. The average Bonchev–Trinajstić information content (AvgIpc) is 2.45. The molecule has 0 saturated heterocycles. The number of carboxylic acids is 1. The molecular weight excluding hydrogens is 256 g/mol. The normalized spacial score (nSPS) is 13.3. The number of nitrogens with one attached hydrogen (secondary N) is 1. The summed E-state index contributed by atoms with van der Waals surface area (Å²) in [5.74, 6) is -1.12. The molecule has 1 aromatic carbocycles. The van der Waals surface area contributed by atoms with E-state index in [-0.39, 0.29) is 11.9 Å². The third kappa shape index (κ3) is 3.98. The van der Waals surface area contributed by atoms with Crippen LogP contribution in [-0.4, -0.2) is 29.7 Å². The van der Waals surface area contributed by atoms with E-state index < -0.39 is 12.0 Å². The van der Waals surface area contributed by atoms with Crippen LogP contribution >= 0.6 is 0 Å². The van der Waals surface area contributed by atoms with E-state index in [9.17, 15) is 14.7 Å². The molecule has 0 saturated carbocycles. The van der Waals surface area contributed by atoms with Crippen LogP contribution in [0.2, 0.25) is 0 Å². The summed E-state index contributed by atoms with van der Waals surface area (Å²) in [4.78, 5) is 25.0. The lowest BCUT2D eigenvalue weighted by Gasteiger charge is -2.26. The van der Waals surface area contributed by atoms with E-state index in [1.165, 1.54) is 4.90 Å². The largest absolute Gasteiger partial charge is 0.480 e. The van der Waals surface area contributed by atoms with Gasteiger partial charge in [0, 0.05) is 12.2 Å². The van der Waals surface area contributed by atoms with E-state index in [0.717, 1.165) is 5.69 Å². The zero-order valence-corrected chi connectivity index (χ0v) is 12.2. The fourth-order valence-corrected chi connectivity index (χ4v) is 1.95. The first-order valence-corrected chi connectivity index (χ1v) is 6.87. The zero-order valence-electron chi connectivity index (χ0n) is 12.2. The highest BCUT2D eigenvalue weighted by molar-refractivity contribution is 5.94. The lowest BCUT2D eigenvalue weighted by molar-refractivity contribution is -0.140. The fraction of sp³-hybridized carbons (Fsp3) is 0.467. The van der Waals surface area contributed by atoms with E-state index in [1.54, 1.807) is 0 Å². The number of anilines is 1. The minimum Gasteiger partial charge on any atom is -0.480 e. The highest BCUT2D eigenvalue weighted by Crippen LogP contribution is 2.14. The number of carbonyl (C=O) groups is 2. The van der Waals surface area contributed by atoms with E-state index in [2.05, 4.69) is 5.32 Å². The SMILES string of the molecule is CC[C@@H](C)[C@@H](NC(=O)N(CC)c1ccccc1)C(=O)O. The maximum atomic E-state index is 12.3. The number of amides is 2. The van der Waals surface area contributed by atoms with Crippen molar-refractivity contribution in [1.29, 1.82) is 0 Å². The van der Waals surface area contributed by atoms with Gasteiger partial charge in [0.1, 0.15) is 6.04 Å². The molecule has 0 bridgehead atoms. The van der Waals surface area contributed by atoms with Gasteiger partial charge in [-0.2, -0.15) is 0 Å². The van der Waals surface area contributed by atoms with Gasteiger partial charge < -0.3 is 10.4 Å². The number of benzene rings is 1. The molecule has 0 aliphatic rings. The molecule has 5 nitrogen and oxygen atoms in total. The summed E-state index contributed by atoms with van der Waals surface area (Å²) in [5, 5.41) is 11.8. The van der Waals surface area contributed by atoms with Crippen molar-refractivity contribution in [3.05, 3.63) is 30.3 Å². The Balaban J connectivity index is 2.84. The Hall–Kier alpha value is -2.04. The van der Waals surface area contributed by atoms with Gasteiger partial charge in [-0.05, 0) is 25.0 Å². The quantitative estimate of drug-likeness (QED) is 0.840. The molecule has 1 rings (SSSR count). The first-order chi connectivity index (χ1) is 9.51. The maximum Gasteiger partial charge on any atom is 0.326 e. The van der Waals surface area contributed by atoms with E-state index in [1.807, 2.05) is 51.1 Å². The molecule has 0 spiro atoms. The van der Waals surface area contributed by atoms with E-state index in [4.69, 9.17) is 0 Å². The summed E-state index contributed by atoms with van der Waals surface area (Å²) in [6, 6.07) is 7.94. The molecule has 0 aliphatic heterocycles. The van der Waals surface area contributed by atoms with Crippen molar-refractivity contribution in [3.63, 3.8) is 0 Å². The van der Waals surface area contributed by atoms with Crippen molar-refractivity contribution < 1.29 is 14.7 Å². The second kappa shape index (κ2) is 7.53. The Labute approximate surface area is 119 Å². The summed E-state index contributed by atoms with van der Waals surface area (Å²) in [6.45, 7) is 6.05. The number of urea groups is 1. The third-order valence-electron chi connectivity index (χ3n) is 3.39. The van der Waals surface area contributed by atoms with Crippen LogP contribution in [0.25, 0.3) is 0 Å². The van der Waals surface area contributed by atoms with Crippen molar-refractivity contribution in [2.75, 3.05) is 11.4 Å². The van der Waals surface area contributed by atoms with E-state index in [0.29, 0.717) is 13.0 Å². The molecule has 0 aromatic heterocycles. The van der Waals surface area contributed by atoms with Crippen LogP contribution in [0.15, 0.2) is 30.3 Å². The Kier molecular flexibility index (Phi) is 6.03. The molecule has 20 heavy (non-hydrogen) atoms. The standard InChI is InChI=1S/C15H22N2O3/c1-4-11(3)13(14(18)19)16-15(20)17(5-2)12-9-7-6-8-10-12/h6-11,13H,4-5H2,1-3H3,(H,16,20)(H,18,19)/t11-,13-/m1/s1. The number of aliphatic carboxylic acids is 1. The predicted molar refractivity (Wildman–Crippen MR) is 78.9 cm³/mol. The summed E-state index contributed by atoms with van der Waals surface area (Å²) >= 11 is 0. The van der Waals surface area contributed by atoms with E-state index >= 15 is 0 Å². The Morgan fingerprint density at radius 1 is 1.25 bits per heavy atom. The van der Waals surface area contributed by atoms with Gasteiger partial charge in [0.25, 0.3) is 0 Å². The molecule has 2 amide bonds. The predicted octanol–water partition coefficient (Wildman–Crippen LogP) is 2.72. The lowest BCUT2D eigenvalue weighted by Crippen LogP contribution is -2.50. The summed E-state index contributed by atoms with van der Waals surface area (Å²) < 4.78 is 0. The van der Waals surface area contributed by atoms with Gasteiger partial charge in [0.05, 0.1) is 0 Å². The number of nitrogens with zero attached hydrogens (tertiary/aromatic N) is 1. The molecule has 110 valence electrons. The second-order valence-corrected chi connectivity index (χ2v) is 4.73. The molecule has 0 radical (unpaired) electrons. The number of para-hydroxylation sites is 1. The number of rotatable bonds is 6. The smallest absolute Gasteiger partial charge is 0.326 e. The molecular formula is C15H22N2O3. The molecule has 2 N–H and O–H groups in total. The van der Waals surface area contributed by atoms with Crippen LogP contribution in [0.5, 0.6) is 0 Å². The molecule has 0 heterocycles. The average molecular weight is 278 g/mol. The maximum absolute atomic E-state index is 12.3. The monoisotopic (exact) mass is 278 g/mol. The van der Waals surface area contributed by atoms with Gasteiger partial charge in [-0.1, -0.05) is 38.5 Å². The highest BCUT2D eigenvalue weighted by atomic mass is 16.4. The van der Waals surface area contributed by atoms with Gasteiger partial charge in [0.2, 0.25) is 0 Å². The van der Waals surface area contributed by atoms with Crippen LogP contribution in [0.1, 0.15) is 27.2 Å². The molecule has 0 unspecified atom stereocenters. The van der Waals surface area contributed by atoms with Crippen LogP contribution < -0.4 is 10.2 Å². The molecule has 0 aliphatic carbocycles. The number of hydrogen-bond acceptors (Lipinski definition) is 2. The van der Waals surface area contributed by atoms with Crippen LogP contribution in [-0.2, 0) is 4.79 Å². The molecule has 1 aromatic rings. The molecule has 5 heteroatoms. The number of hydrogen-bond donors (Lipinski definition) is 2. The third-order valence-corrected chi connectivity index (χ3v) is 3.39. The van der Waals surface area contributed by atoms with Crippen molar-refractivity contribution in [2.24, 2.45) is 5.92 Å². The summed E-state index contributed by atoms with van der Waals surface area (Å²) in [7, 11) is 0. The van der Waals surface area contributed by atoms with Crippen LogP contribution in [0, 0.1) is 5.92 Å². The zero-order chi connectivity index (χ0) is 15.1. The molecule has 0 fully saturated rings. The second-order valence-electron chi connectivity index (χ2n) is 4.73. The topological polar surface area (TPSA) is 69.6 Å². The fourth-order valence-electron chi connectivity index (χ4n) is 1.95. The number of carbonyl (C=O) groups excluding carboxylic acids is 1. The van der Waals surface area contributed by atoms with Gasteiger partial charge in [-0.3, -0.25) is 4.90 Å². The Morgan fingerprint density at radius 2 is 1.85 bits per heavy atom. The van der Waals surface area contributed by atoms with Crippen LogP contribution in [0.4, 0.5) is 10.5 Å². The Bertz CT molecular complexity index is 448. The number of carboxylic acid groups (broad SMARTS) is 1. The van der Waals surface area contributed by atoms with Crippen molar-refractivity contribution >= 4 is 17.7 Å². The first-order valence-electron chi connectivity index (χ1n) is 6.87.